The lowest BCUT2D eigenvalue weighted by Crippen LogP contribution is -2.24. The Balaban J connectivity index is 1.52. The number of carbonyl (C=O) groups excluding carboxylic acids is 1. The number of halogens is 2. The van der Waals surface area contributed by atoms with Crippen molar-refractivity contribution in [3.8, 4) is 11.5 Å². The third-order valence-electron chi connectivity index (χ3n) is 4.66. The van der Waals surface area contributed by atoms with Crippen molar-refractivity contribution < 1.29 is 23.0 Å². The number of nitrogens with one attached hydrogen (secondary N) is 1. The monoisotopic (exact) mass is 406 g/mol. The molecule has 1 aliphatic rings. The number of nitrogens with zero attached hydrogens (tertiary/aromatic N) is 3. The van der Waals surface area contributed by atoms with E-state index in [4.69, 9.17) is 4.74 Å². The van der Waals surface area contributed by atoms with Gasteiger partial charge in [0.15, 0.2) is 11.5 Å². The molecule has 0 atom stereocenters. The number of aryl methyl sites for hydroxylation is 1. The highest BCUT2D eigenvalue weighted by Crippen LogP contribution is 2.29. The maximum atomic E-state index is 12.4. The molecule has 2 aromatic rings. The van der Waals surface area contributed by atoms with Gasteiger partial charge in [0.25, 0.3) is 0 Å². The predicted molar refractivity (Wildman–Crippen MR) is 103 cm³/mol. The lowest BCUT2D eigenvalue weighted by molar-refractivity contribution is -0.116. The van der Waals surface area contributed by atoms with Crippen molar-refractivity contribution in [3.63, 3.8) is 0 Å². The topological polar surface area (TPSA) is 78.3 Å². The maximum absolute atomic E-state index is 12.4. The quantitative estimate of drug-likeness (QED) is 0.682. The lowest BCUT2D eigenvalue weighted by atomic mass is 10.2. The molecule has 9 heteroatoms. The first-order valence-electron chi connectivity index (χ1n) is 9.56. The summed E-state index contributed by atoms with van der Waals surface area (Å²) >= 11 is 0. The number of methoxy groups -OCH3 is 1. The maximum Gasteiger partial charge on any atom is 0.387 e. The van der Waals surface area contributed by atoms with E-state index in [0.29, 0.717) is 18.5 Å². The Morgan fingerprint density at radius 2 is 2.14 bits per heavy atom. The first-order chi connectivity index (χ1) is 14.1. The Kier molecular flexibility index (Phi) is 7.15. The highest BCUT2D eigenvalue weighted by atomic mass is 19.3. The van der Waals surface area contributed by atoms with Crippen molar-refractivity contribution in [2.24, 2.45) is 0 Å². The van der Waals surface area contributed by atoms with E-state index in [1.807, 2.05) is 0 Å². The van der Waals surface area contributed by atoms with Crippen molar-refractivity contribution in [2.45, 2.75) is 45.3 Å². The Morgan fingerprint density at radius 1 is 1.28 bits per heavy atom. The van der Waals surface area contributed by atoms with Crippen LogP contribution in [-0.2, 0) is 24.2 Å². The molecule has 29 heavy (non-hydrogen) atoms. The number of hydrogen-bond donors (Lipinski definition) is 1. The summed E-state index contributed by atoms with van der Waals surface area (Å²) < 4.78 is 36.3. The molecule has 0 saturated carbocycles. The highest BCUT2D eigenvalue weighted by molar-refractivity contribution is 5.91. The van der Waals surface area contributed by atoms with Crippen LogP contribution < -0.4 is 14.8 Å². The van der Waals surface area contributed by atoms with E-state index in [-0.39, 0.29) is 17.4 Å². The number of carbonyl (C=O) groups is 1. The molecule has 0 bridgehead atoms. The van der Waals surface area contributed by atoms with Gasteiger partial charge in [-0.15, -0.1) is 10.2 Å². The molecule has 0 unspecified atom stereocenters. The van der Waals surface area contributed by atoms with Gasteiger partial charge in [-0.1, -0.05) is 12.5 Å². The Bertz CT molecular complexity index is 867. The van der Waals surface area contributed by atoms with Crippen LogP contribution in [0.2, 0.25) is 0 Å². The van der Waals surface area contributed by atoms with Gasteiger partial charge in [0, 0.05) is 32.0 Å². The molecule has 3 rings (SSSR count). The van der Waals surface area contributed by atoms with Crippen LogP contribution in [0.3, 0.4) is 0 Å². The van der Waals surface area contributed by atoms with Gasteiger partial charge in [0.2, 0.25) is 5.91 Å². The van der Waals surface area contributed by atoms with Gasteiger partial charge >= 0.3 is 6.61 Å². The Labute approximate surface area is 167 Å². The number of rotatable bonds is 8. The van der Waals surface area contributed by atoms with Crippen LogP contribution >= 0.6 is 0 Å². The van der Waals surface area contributed by atoms with Crippen LogP contribution in [0.5, 0.6) is 11.5 Å². The van der Waals surface area contributed by atoms with Crippen molar-refractivity contribution >= 4 is 12.0 Å². The van der Waals surface area contributed by atoms with Gasteiger partial charge in [0.05, 0.1) is 7.11 Å². The molecule has 1 amide bonds. The number of aromatic nitrogens is 3. The second-order valence-electron chi connectivity index (χ2n) is 6.66. The van der Waals surface area contributed by atoms with E-state index in [9.17, 15) is 13.6 Å². The standard InChI is InChI=1S/C20H24F2N4O3/c1-28-16-13-14(6-8-15(16)29-20(21)22)7-9-19(27)23-11-10-18-25-24-17-5-3-2-4-12-26(17)18/h6-9,13,20H,2-5,10-12H2,1H3,(H,23,27)/b9-7+. The Morgan fingerprint density at radius 3 is 2.93 bits per heavy atom. The molecule has 1 N–H and O–H groups in total. The van der Waals surface area contributed by atoms with Gasteiger partial charge < -0.3 is 19.4 Å². The number of hydrogen-bond acceptors (Lipinski definition) is 5. The number of amides is 1. The summed E-state index contributed by atoms with van der Waals surface area (Å²) in [6, 6.07) is 4.46. The molecule has 1 aromatic carbocycles. The van der Waals surface area contributed by atoms with E-state index in [1.54, 1.807) is 12.1 Å². The minimum absolute atomic E-state index is 0.0588. The first-order valence-corrected chi connectivity index (χ1v) is 9.56. The SMILES string of the molecule is COc1cc(/C=C/C(=O)NCCc2nnc3n2CCCCC3)ccc1OC(F)F. The molecule has 0 saturated heterocycles. The molecular formula is C20H24F2N4O3. The zero-order valence-corrected chi connectivity index (χ0v) is 16.2. The average molecular weight is 406 g/mol. The second kappa shape index (κ2) is 9.99. The fourth-order valence-electron chi connectivity index (χ4n) is 3.24. The Hall–Kier alpha value is -2.97. The summed E-state index contributed by atoms with van der Waals surface area (Å²) in [5.74, 6) is 1.77. The molecule has 1 aliphatic heterocycles. The summed E-state index contributed by atoms with van der Waals surface area (Å²) in [5.41, 5.74) is 0.626. The average Bonchev–Trinajstić information content (AvgIpc) is 2.93. The van der Waals surface area contributed by atoms with Gasteiger partial charge in [0.1, 0.15) is 11.6 Å². The molecule has 0 radical (unpaired) electrons. The van der Waals surface area contributed by atoms with Crippen molar-refractivity contribution in [3.05, 3.63) is 41.5 Å². The van der Waals surface area contributed by atoms with Crippen LogP contribution in [0.1, 0.15) is 36.5 Å². The molecule has 0 spiro atoms. The van der Waals surface area contributed by atoms with Crippen molar-refractivity contribution in [2.75, 3.05) is 13.7 Å². The largest absolute Gasteiger partial charge is 0.493 e. The van der Waals surface area contributed by atoms with E-state index in [0.717, 1.165) is 37.5 Å². The molecule has 7 nitrogen and oxygen atoms in total. The summed E-state index contributed by atoms with van der Waals surface area (Å²) in [7, 11) is 1.36. The molecular weight excluding hydrogens is 382 g/mol. The summed E-state index contributed by atoms with van der Waals surface area (Å²) in [4.78, 5) is 12.1. The van der Waals surface area contributed by atoms with E-state index in [1.165, 1.54) is 31.7 Å². The number of fused-ring (bicyclic) bond motifs is 1. The van der Waals surface area contributed by atoms with Crippen LogP contribution in [0, 0.1) is 0 Å². The summed E-state index contributed by atoms with van der Waals surface area (Å²) in [6.07, 6.45) is 7.98. The van der Waals surface area contributed by atoms with Crippen LogP contribution in [0.4, 0.5) is 8.78 Å². The molecule has 0 fully saturated rings. The van der Waals surface area contributed by atoms with Gasteiger partial charge in [-0.25, -0.2) is 0 Å². The van der Waals surface area contributed by atoms with Gasteiger partial charge in [-0.3, -0.25) is 4.79 Å². The highest BCUT2D eigenvalue weighted by Gasteiger charge is 2.14. The predicted octanol–water partition coefficient (Wildman–Crippen LogP) is 2.99. The lowest BCUT2D eigenvalue weighted by Gasteiger charge is -2.10. The molecule has 156 valence electrons. The van der Waals surface area contributed by atoms with E-state index >= 15 is 0 Å². The van der Waals surface area contributed by atoms with Gasteiger partial charge in [-0.2, -0.15) is 8.78 Å². The number of alkyl halides is 2. The number of benzene rings is 1. The van der Waals surface area contributed by atoms with Crippen LogP contribution in [0.15, 0.2) is 24.3 Å². The normalized spacial score (nSPS) is 13.9. The summed E-state index contributed by atoms with van der Waals surface area (Å²) in [5, 5.41) is 11.3. The van der Waals surface area contributed by atoms with E-state index < -0.39 is 6.61 Å². The molecule has 2 heterocycles. The third kappa shape index (κ3) is 5.75. The second-order valence-corrected chi connectivity index (χ2v) is 6.66. The third-order valence-corrected chi connectivity index (χ3v) is 4.66. The van der Waals surface area contributed by atoms with Crippen LogP contribution in [-0.4, -0.2) is 40.9 Å². The number of ether oxygens (including phenoxy) is 2. The summed E-state index contributed by atoms with van der Waals surface area (Å²) in [6.45, 7) is -1.55. The minimum atomic E-state index is -2.93. The van der Waals surface area contributed by atoms with Gasteiger partial charge in [-0.05, 0) is 36.6 Å². The smallest absolute Gasteiger partial charge is 0.387 e. The molecule has 1 aromatic heterocycles. The van der Waals surface area contributed by atoms with Crippen molar-refractivity contribution in [1.82, 2.24) is 20.1 Å². The van der Waals surface area contributed by atoms with E-state index in [2.05, 4.69) is 24.8 Å². The van der Waals surface area contributed by atoms with Crippen molar-refractivity contribution in [1.29, 1.82) is 0 Å². The zero-order chi connectivity index (χ0) is 20.6. The fraction of sp³-hybridized carbons (Fsp3) is 0.450. The molecule has 0 aliphatic carbocycles. The fourth-order valence-corrected chi connectivity index (χ4v) is 3.24. The van der Waals surface area contributed by atoms with Crippen LogP contribution in [0.25, 0.3) is 6.08 Å². The first kappa shape index (κ1) is 20.8. The zero-order valence-electron chi connectivity index (χ0n) is 16.2. The minimum Gasteiger partial charge on any atom is -0.493 e.